The SMILES string of the molecule is CCCCCCCCCCCCCCCCCCCCCCCC(=O)NC(=O)N[C@@H](CO[C@H]1O[C@H](COC)[C@H](O)[C@H](O)[C@H]1O)[C@H](O)[C@H](O)CCCCCCCCCCCCCC. The van der Waals surface area contributed by atoms with Gasteiger partial charge in [0.05, 0.1) is 25.4 Å². The zero-order valence-corrected chi connectivity index (χ0v) is 40.1. The molecule has 0 aromatic rings. The molecule has 0 unspecified atom stereocenters. The molecule has 1 fully saturated rings. The number of hydrogen-bond donors (Lipinski definition) is 7. The van der Waals surface area contributed by atoms with Gasteiger partial charge in [-0.3, -0.25) is 10.1 Å². The summed E-state index contributed by atoms with van der Waals surface area (Å²) in [5.74, 6) is -0.433. The Bertz CT molecular complexity index is 1020. The van der Waals surface area contributed by atoms with Gasteiger partial charge in [0.2, 0.25) is 5.91 Å². The molecule has 1 aliphatic heterocycles. The summed E-state index contributed by atoms with van der Waals surface area (Å²) >= 11 is 0. The fraction of sp³-hybridized carbons (Fsp3) is 0.960. The van der Waals surface area contributed by atoms with E-state index in [4.69, 9.17) is 14.2 Å². The normalized spacial score (nSPS) is 20.5. The zero-order chi connectivity index (χ0) is 45.5. The van der Waals surface area contributed by atoms with E-state index >= 15 is 0 Å². The first kappa shape index (κ1) is 58.6. The molecule has 8 atom stereocenters. The molecule has 1 saturated heterocycles. The molecule has 1 heterocycles. The Morgan fingerprint density at radius 3 is 1.34 bits per heavy atom. The molecule has 0 aromatic carbocycles. The maximum absolute atomic E-state index is 13.0. The van der Waals surface area contributed by atoms with Crippen LogP contribution < -0.4 is 10.6 Å². The first-order chi connectivity index (χ1) is 30.2. The summed E-state index contributed by atoms with van der Waals surface area (Å²) in [6.07, 6.45) is 31.8. The zero-order valence-electron chi connectivity index (χ0n) is 40.1. The minimum absolute atomic E-state index is 0.0725. The van der Waals surface area contributed by atoms with Crippen molar-refractivity contribution in [3.8, 4) is 0 Å². The fourth-order valence-corrected chi connectivity index (χ4v) is 8.52. The molecule has 0 aromatic heterocycles. The second kappa shape index (κ2) is 41.1. The summed E-state index contributed by atoms with van der Waals surface area (Å²) in [5.41, 5.74) is 0. The maximum Gasteiger partial charge on any atom is 0.321 e. The van der Waals surface area contributed by atoms with Crippen LogP contribution in [-0.4, -0.2) is 107 Å². The third kappa shape index (κ3) is 30.7. The summed E-state index contributed by atoms with van der Waals surface area (Å²) in [6.45, 7) is 4.02. The van der Waals surface area contributed by atoms with Crippen molar-refractivity contribution in [3.05, 3.63) is 0 Å². The quantitative estimate of drug-likeness (QED) is 0.0291. The van der Waals surface area contributed by atoms with Crippen molar-refractivity contribution in [2.75, 3.05) is 20.3 Å². The Hall–Kier alpha value is -1.38. The molecule has 62 heavy (non-hydrogen) atoms. The van der Waals surface area contributed by atoms with Crippen LogP contribution >= 0.6 is 0 Å². The molecule has 0 radical (unpaired) electrons. The van der Waals surface area contributed by atoms with Gasteiger partial charge in [0, 0.05) is 13.5 Å². The topological polar surface area (TPSA) is 187 Å². The highest BCUT2D eigenvalue weighted by Crippen LogP contribution is 2.24. The number of urea groups is 1. The lowest BCUT2D eigenvalue weighted by Crippen LogP contribution is -2.60. The highest BCUT2D eigenvalue weighted by Gasteiger charge is 2.45. The number of nitrogens with one attached hydrogen (secondary N) is 2. The van der Waals surface area contributed by atoms with Gasteiger partial charge in [-0.05, 0) is 12.8 Å². The first-order valence-electron chi connectivity index (χ1n) is 25.9. The standard InChI is InChI=1S/C50H98N2O10/c1-4-6-8-10-12-14-16-18-19-20-21-22-23-24-25-26-28-30-32-34-36-38-44(54)52-50(59)51-41(39-61-49-48(58)47(57)46(56)43(62-49)40-60-3)45(55)42(53)37-35-33-31-29-27-17-15-13-11-9-7-5-2/h41-43,45-49,53,55-58H,4-40H2,1-3H3,(H2,51,52,54,59)/t41-,42+,43+,45-,46-,47-,48+,49-/m0/s1. The number of carbonyl (C=O) groups excluding carboxylic acids is 2. The van der Waals surface area contributed by atoms with Crippen molar-refractivity contribution >= 4 is 11.9 Å². The number of ether oxygens (including phenoxy) is 3. The Morgan fingerprint density at radius 1 is 0.548 bits per heavy atom. The van der Waals surface area contributed by atoms with E-state index in [2.05, 4.69) is 24.5 Å². The van der Waals surface area contributed by atoms with Crippen LogP contribution in [0.25, 0.3) is 0 Å². The first-order valence-corrected chi connectivity index (χ1v) is 25.9. The molecule has 1 aliphatic rings. The molecule has 0 spiro atoms. The lowest BCUT2D eigenvalue weighted by molar-refractivity contribution is -0.304. The van der Waals surface area contributed by atoms with E-state index in [1.807, 2.05) is 0 Å². The molecule has 0 saturated carbocycles. The Labute approximate surface area is 378 Å². The van der Waals surface area contributed by atoms with Gasteiger partial charge >= 0.3 is 6.03 Å². The fourth-order valence-electron chi connectivity index (χ4n) is 8.52. The molecule has 12 heteroatoms. The minimum Gasteiger partial charge on any atom is -0.390 e. The van der Waals surface area contributed by atoms with Crippen LogP contribution in [0.3, 0.4) is 0 Å². The maximum atomic E-state index is 13.0. The molecular formula is C50H98N2O10. The summed E-state index contributed by atoms with van der Waals surface area (Å²) in [4.78, 5) is 25.6. The van der Waals surface area contributed by atoms with Crippen molar-refractivity contribution < 1.29 is 49.3 Å². The van der Waals surface area contributed by atoms with E-state index < -0.39 is 67.5 Å². The van der Waals surface area contributed by atoms with Gasteiger partial charge in [-0.2, -0.15) is 0 Å². The average Bonchev–Trinajstić information content (AvgIpc) is 3.26. The number of aliphatic hydroxyl groups excluding tert-OH is 5. The number of unbranched alkanes of at least 4 members (excludes halogenated alkanes) is 31. The highest BCUT2D eigenvalue weighted by molar-refractivity contribution is 5.94. The predicted octanol–water partition coefficient (Wildman–Crippen LogP) is 10.1. The molecule has 3 amide bonds. The van der Waals surface area contributed by atoms with Crippen LogP contribution in [0.4, 0.5) is 4.79 Å². The van der Waals surface area contributed by atoms with E-state index in [-0.39, 0.29) is 13.0 Å². The molecule has 1 rings (SSSR count). The summed E-state index contributed by atoms with van der Waals surface area (Å²) in [5, 5.41) is 58.2. The number of carbonyl (C=O) groups is 2. The molecule has 7 N–H and O–H groups in total. The number of methoxy groups -OCH3 is 1. The van der Waals surface area contributed by atoms with Crippen molar-refractivity contribution in [2.45, 2.75) is 288 Å². The Morgan fingerprint density at radius 2 is 0.935 bits per heavy atom. The summed E-state index contributed by atoms with van der Waals surface area (Å²) < 4.78 is 16.4. The molecular weight excluding hydrogens is 789 g/mol. The van der Waals surface area contributed by atoms with Crippen LogP contribution in [0.5, 0.6) is 0 Å². The Balaban J connectivity index is 2.36. The highest BCUT2D eigenvalue weighted by atomic mass is 16.7. The smallest absolute Gasteiger partial charge is 0.321 e. The second-order valence-corrected chi connectivity index (χ2v) is 18.5. The van der Waals surface area contributed by atoms with Crippen molar-refractivity contribution in [3.63, 3.8) is 0 Å². The number of imide groups is 1. The van der Waals surface area contributed by atoms with Gasteiger partial charge < -0.3 is 45.1 Å². The van der Waals surface area contributed by atoms with Crippen LogP contribution in [0, 0.1) is 0 Å². The van der Waals surface area contributed by atoms with Crippen LogP contribution in [0.15, 0.2) is 0 Å². The van der Waals surface area contributed by atoms with Gasteiger partial charge in [-0.1, -0.05) is 219 Å². The predicted molar refractivity (Wildman–Crippen MR) is 250 cm³/mol. The molecule has 0 aliphatic carbocycles. The largest absolute Gasteiger partial charge is 0.390 e. The van der Waals surface area contributed by atoms with E-state index in [9.17, 15) is 35.1 Å². The summed E-state index contributed by atoms with van der Waals surface area (Å²) in [6, 6.07) is -2.01. The van der Waals surface area contributed by atoms with E-state index in [0.717, 1.165) is 38.5 Å². The minimum atomic E-state index is -1.62. The number of rotatable bonds is 43. The number of amides is 3. The second-order valence-electron chi connectivity index (χ2n) is 18.5. The third-order valence-electron chi connectivity index (χ3n) is 12.7. The van der Waals surface area contributed by atoms with Crippen molar-refractivity contribution in [1.29, 1.82) is 0 Å². The van der Waals surface area contributed by atoms with E-state index in [1.165, 1.54) is 168 Å². The van der Waals surface area contributed by atoms with Crippen LogP contribution in [-0.2, 0) is 19.0 Å². The van der Waals surface area contributed by atoms with Crippen molar-refractivity contribution in [1.82, 2.24) is 10.6 Å². The molecule has 12 nitrogen and oxygen atoms in total. The monoisotopic (exact) mass is 887 g/mol. The van der Waals surface area contributed by atoms with Crippen LogP contribution in [0.2, 0.25) is 0 Å². The lowest BCUT2D eigenvalue weighted by atomic mass is 9.98. The van der Waals surface area contributed by atoms with E-state index in [1.54, 1.807) is 0 Å². The van der Waals surface area contributed by atoms with Crippen molar-refractivity contribution in [2.24, 2.45) is 0 Å². The van der Waals surface area contributed by atoms with Gasteiger partial charge in [0.25, 0.3) is 0 Å². The van der Waals surface area contributed by atoms with Gasteiger partial charge in [0.15, 0.2) is 6.29 Å². The van der Waals surface area contributed by atoms with Gasteiger partial charge in [-0.25, -0.2) is 4.79 Å². The summed E-state index contributed by atoms with van der Waals surface area (Å²) in [7, 11) is 1.40. The third-order valence-corrected chi connectivity index (χ3v) is 12.7. The lowest BCUT2D eigenvalue weighted by Gasteiger charge is -2.40. The Kier molecular flexibility index (Phi) is 38.9. The van der Waals surface area contributed by atoms with Gasteiger partial charge in [-0.15, -0.1) is 0 Å². The van der Waals surface area contributed by atoms with E-state index in [0.29, 0.717) is 19.3 Å². The average molecular weight is 887 g/mol. The van der Waals surface area contributed by atoms with Crippen LogP contribution in [0.1, 0.15) is 239 Å². The molecule has 0 bridgehead atoms. The number of aliphatic hydroxyl groups is 5. The molecule has 368 valence electrons. The van der Waals surface area contributed by atoms with Gasteiger partial charge in [0.1, 0.15) is 30.5 Å². The number of hydrogen-bond acceptors (Lipinski definition) is 10.